The Bertz CT molecular complexity index is 854. The lowest BCUT2D eigenvalue weighted by molar-refractivity contribution is -0.115. The van der Waals surface area contributed by atoms with Crippen LogP contribution in [0.3, 0.4) is 0 Å². The van der Waals surface area contributed by atoms with Crippen LogP contribution in [0.25, 0.3) is 0 Å². The van der Waals surface area contributed by atoms with Gasteiger partial charge < -0.3 is 10.6 Å². The molecule has 3 rings (SSSR count). The van der Waals surface area contributed by atoms with E-state index in [-0.39, 0.29) is 17.8 Å². The normalized spacial score (nSPS) is 15.6. The number of nitrogens with zero attached hydrogens (tertiary/aromatic N) is 2. The summed E-state index contributed by atoms with van der Waals surface area (Å²) < 4.78 is 0. The molecule has 7 nitrogen and oxygen atoms in total. The maximum absolute atomic E-state index is 11.6. The van der Waals surface area contributed by atoms with E-state index in [0.29, 0.717) is 16.8 Å². The fraction of sp³-hybridized carbons (Fsp3) is 0.368. The molecule has 2 aromatic rings. The molecule has 0 aliphatic heterocycles. The van der Waals surface area contributed by atoms with Gasteiger partial charge in [-0.25, -0.2) is 4.98 Å². The summed E-state index contributed by atoms with van der Waals surface area (Å²) in [5, 5.41) is 9.50. The second-order valence-electron chi connectivity index (χ2n) is 6.68. The zero-order valence-electron chi connectivity index (χ0n) is 15.3. The number of aryl methyl sites for hydroxylation is 1. The zero-order chi connectivity index (χ0) is 19.4. The maximum Gasteiger partial charge on any atom is 0.231 e. The van der Waals surface area contributed by atoms with Gasteiger partial charge in [-0.2, -0.15) is 4.98 Å². The summed E-state index contributed by atoms with van der Waals surface area (Å²) >= 11 is 5.92. The van der Waals surface area contributed by atoms with E-state index < -0.39 is 0 Å². The van der Waals surface area contributed by atoms with E-state index in [0.717, 1.165) is 42.8 Å². The molecule has 1 aliphatic carbocycles. The van der Waals surface area contributed by atoms with Gasteiger partial charge in [-0.15, -0.1) is 0 Å². The molecular weight excluding hydrogens is 366 g/mol. The van der Waals surface area contributed by atoms with Crippen molar-refractivity contribution >= 4 is 40.9 Å². The molecule has 0 fully saturated rings. The molecule has 1 aromatic heterocycles. The lowest BCUT2D eigenvalue weighted by Crippen LogP contribution is -2.26. The Labute approximate surface area is 162 Å². The Hall–Kier alpha value is -2.67. The van der Waals surface area contributed by atoms with Crippen molar-refractivity contribution in [2.24, 2.45) is 5.92 Å². The van der Waals surface area contributed by atoms with Gasteiger partial charge in [-0.3, -0.25) is 14.9 Å². The molecule has 0 saturated carbocycles. The average Bonchev–Trinajstić information content (AvgIpc) is 2.60. The van der Waals surface area contributed by atoms with Crippen LogP contribution in [0.15, 0.2) is 24.3 Å². The van der Waals surface area contributed by atoms with Crippen molar-refractivity contribution in [1.29, 1.82) is 0 Å². The highest BCUT2D eigenvalue weighted by Crippen LogP contribution is 2.30. The van der Waals surface area contributed by atoms with Crippen molar-refractivity contribution in [3.63, 3.8) is 0 Å². The minimum absolute atomic E-state index is 0.203. The number of anilines is 3. The van der Waals surface area contributed by atoms with Crippen molar-refractivity contribution in [3.8, 4) is 0 Å². The lowest BCUT2D eigenvalue weighted by Gasteiger charge is -2.26. The van der Waals surface area contributed by atoms with Gasteiger partial charge in [-0.1, -0.05) is 11.6 Å². The predicted octanol–water partition coefficient (Wildman–Crippen LogP) is 3.26. The molecule has 0 spiro atoms. The number of carbonyl (C=O) groups excluding carboxylic acids is 2. The van der Waals surface area contributed by atoms with E-state index in [1.54, 1.807) is 0 Å². The first-order valence-electron chi connectivity index (χ1n) is 8.85. The number of amides is 2. The quantitative estimate of drug-likeness (QED) is 0.731. The van der Waals surface area contributed by atoms with E-state index in [1.807, 2.05) is 24.3 Å². The van der Waals surface area contributed by atoms with E-state index in [1.165, 1.54) is 13.8 Å². The third-order valence-corrected chi connectivity index (χ3v) is 4.65. The van der Waals surface area contributed by atoms with Crippen molar-refractivity contribution < 1.29 is 9.59 Å². The van der Waals surface area contributed by atoms with Crippen LogP contribution in [0.2, 0.25) is 5.02 Å². The van der Waals surface area contributed by atoms with Crippen molar-refractivity contribution in [2.45, 2.75) is 33.1 Å². The third-order valence-electron chi connectivity index (χ3n) is 4.40. The molecule has 1 heterocycles. The second-order valence-corrected chi connectivity index (χ2v) is 7.12. The summed E-state index contributed by atoms with van der Waals surface area (Å²) in [6.07, 6.45) is 2.49. The smallest absolute Gasteiger partial charge is 0.231 e. The summed E-state index contributed by atoms with van der Waals surface area (Å²) in [7, 11) is 0. The Morgan fingerprint density at radius 1 is 1.11 bits per heavy atom. The molecule has 0 saturated heterocycles. The van der Waals surface area contributed by atoms with Crippen LogP contribution in [0.4, 0.5) is 17.5 Å². The van der Waals surface area contributed by atoms with Crippen molar-refractivity contribution in [2.75, 3.05) is 22.5 Å². The molecule has 1 aliphatic rings. The zero-order valence-corrected chi connectivity index (χ0v) is 16.1. The molecule has 2 amide bonds. The number of nitrogens with one attached hydrogen (secondary N) is 3. The van der Waals surface area contributed by atoms with Gasteiger partial charge in [0.05, 0.1) is 5.69 Å². The molecule has 1 atom stereocenters. The second kappa shape index (κ2) is 8.35. The molecule has 27 heavy (non-hydrogen) atoms. The van der Waals surface area contributed by atoms with E-state index in [9.17, 15) is 9.59 Å². The maximum atomic E-state index is 11.6. The summed E-state index contributed by atoms with van der Waals surface area (Å²) in [6, 6.07) is 7.61. The topological polar surface area (TPSA) is 96.0 Å². The largest absolute Gasteiger partial charge is 0.385 e. The number of benzene rings is 1. The highest BCUT2D eigenvalue weighted by molar-refractivity contribution is 6.30. The van der Waals surface area contributed by atoms with Crippen LogP contribution < -0.4 is 16.0 Å². The monoisotopic (exact) mass is 387 g/mol. The number of carbonyl (C=O) groups is 2. The first-order valence-corrected chi connectivity index (χ1v) is 9.23. The number of halogens is 1. The molecular formula is C19H22ClN5O2. The number of hydrogen-bond acceptors (Lipinski definition) is 5. The molecule has 142 valence electrons. The summed E-state index contributed by atoms with van der Waals surface area (Å²) in [5.41, 5.74) is 2.83. The van der Waals surface area contributed by atoms with Crippen LogP contribution in [-0.4, -0.2) is 28.3 Å². The lowest BCUT2D eigenvalue weighted by atomic mass is 9.86. The fourth-order valence-corrected chi connectivity index (χ4v) is 3.30. The van der Waals surface area contributed by atoms with Crippen LogP contribution in [0.5, 0.6) is 0 Å². The van der Waals surface area contributed by atoms with E-state index >= 15 is 0 Å². The highest BCUT2D eigenvalue weighted by Gasteiger charge is 2.25. The first kappa shape index (κ1) is 19.1. The fourth-order valence-electron chi connectivity index (χ4n) is 3.17. The molecule has 1 unspecified atom stereocenters. The third kappa shape index (κ3) is 5.17. The number of rotatable bonds is 5. The summed E-state index contributed by atoms with van der Waals surface area (Å²) in [6.45, 7) is 3.64. The Kier molecular flexibility index (Phi) is 5.91. The summed E-state index contributed by atoms with van der Waals surface area (Å²) in [4.78, 5) is 31.7. The molecule has 0 radical (unpaired) electrons. The van der Waals surface area contributed by atoms with Gasteiger partial charge in [0.25, 0.3) is 0 Å². The minimum atomic E-state index is -0.246. The molecule has 8 heteroatoms. The van der Waals surface area contributed by atoms with Crippen LogP contribution >= 0.6 is 11.6 Å². The van der Waals surface area contributed by atoms with Gasteiger partial charge in [0.2, 0.25) is 17.8 Å². The minimum Gasteiger partial charge on any atom is -0.385 e. The van der Waals surface area contributed by atoms with Gasteiger partial charge in [0.1, 0.15) is 5.82 Å². The predicted molar refractivity (Wildman–Crippen MR) is 106 cm³/mol. The first-order chi connectivity index (χ1) is 12.9. The van der Waals surface area contributed by atoms with Crippen LogP contribution in [0.1, 0.15) is 31.5 Å². The van der Waals surface area contributed by atoms with Crippen molar-refractivity contribution in [3.05, 3.63) is 40.5 Å². The number of aromatic nitrogens is 2. The van der Waals surface area contributed by atoms with Crippen LogP contribution in [-0.2, 0) is 22.4 Å². The van der Waals surface area contributed by atoms with E-state index in [4.69, 9.17) is 11.6 Å². The van der Waals surface area contributed by atoms with Gasteiger partial charge in [-0.05, 0) is 49.4 Å². The molecule has 1 aromatic carbocycles. The van der Waals surface area contributed by atoms with Gasteiger partial charge in [0.15, 0.2) is 0 Å². The number of fused-ring (bicyclic) bond motifs is 1. The molecule has 3 N–H and O–H groups in total. The van der Waals surface area contributed by atoms with Gasteiger partial charge in [0, 0.05) is 36.7 Å². The average molecular weight is 388 g/mol. The number of hydrogen-bond donors (Lipinski definition) is 3. The van der Waals surface area contributed by atoms with Crippen LogP contribution in [0, 0.1) is 5.92 Å². The Morgan fingerprint density at radius 3 is 2.48 bits per heavy atom. The van der Waals surface area contributed by atoms with Crippen molar-refractivity contribution in [1.82, 2.24) is 9.97 Å². The van der Waals surface area contributed by atoms with Gasteiger partial charge >= 0.3 is 0 Å². The molecule has 0 bridgehead atoms. The van der Waals surface area contributed by atoms with E-state index in [2.05, 4.69) is 25.9 Å². The standard InChI is InChI=1S/C19H22ClN5O2/c1-11(26)22-18-16-9-13(10-21-15-6-4-14(20)5-7-15)3-8-17(16)24-19(25-18)23-12(2)27/h4-7,13,21H,3,8-10H2,1-2H3,(H2,22,23,24,25,26,27). The highest BCUT2D eigenvalue weighted by atomic mass is 35.5. The Balaban J connectivity index is 1.75. The summed E-state index contributed by atoms with van der Waals surface area (Å²) in [5.74, 6) is 0.641. The SMILES string of the molecule is CC(=O)Nc1nc2c(c(NC(C)=O)n1)CC(CNc1ccc(Cl)cc1)CC2. The Morgan fingerprint density at radius 2 is 1.81 bits per heavy atom.